The van der Waals surface area contributed by atoms with Gasteiger partial charge in [0, 0.05) is 16.8 Å². The molecule has 3 nitrogen and oxygen atoms in total. The molecule has 0 bridgehead atoms. The molecule has 0 aliphatic carbocycles. The second-order valence-corrected chi connectivity index (χ2v) is 5.28. The van der Waals surface area contributed by atoms with Crippen LogP contribution in [0.5, 0.6) is 0 Å². The monoisotopic (exact) mass is 259 g/mol. The lowest BCUT2D eigenvalue weighted by atomic mass is 10.1. The first-order valence-electron chi connectivity index (χ1n) is 5.93. The third-order valence-corrected chi connectivity index (χ3v) is 3.69. The quantitative estimate of drug-likeness (QED) is 0.492. The SMILES string of the molecule is Nc1ccc(CCCSc2ccc(N)nc2)cc1. The lowest BCUT2D eigenvalue weighted by molar-refractivity contribution is 0.933. The Labute approximate surface area is 112 Å². The Balaban J connectivity index is 1.73. The first-order valence-corrected chi connectivity index (χ1v) is 6.91. The van der Waals surface area contributed by atoms with Crippen molar-refractivity contribution in [3.63, 3.8) is 0 Å². The summed E-state index contributed by atoms with van der Waals surface area (Å²) in [6.07, 6.45) is 4.04. The predicted molar refractivity (Wildman–Crippen MR) is 78.5 cm³/mol. The number of hydrogen-bond acceptors (Lipinski definition) is 4. The van der Waals surface area contributed by atoms with Gasteiger partial charge in [-0.05, 0) is 48.4 Å². The molecule has 94 valence electrons. The van der Waals surface area contributed by atoms with Crippen molar-refractivity contribution in [3.8, 4) is 0 Å². The van der Waals surface area contributed by atoms with Gasteiger partial charge in [0.15, 0.2) is 0 Å². The highest BCUT2D eigenvalue weighted by molar-refractivity contribution is 7.99. The molecule has 0 aliphatic heterocycles. The Kier molecular flexibility index (Phi) is 4.47. The van der Waals surface area contributed by atoms with Gasteiger partial charge >= 0.3 is 0 Å². The first-order chi connectivity index (χ1) is 8.74. The van der Waals surface area contributed by atoms with Crippen molar-refractivity contribution in [1.82, 2.24) is 4.98 Å². The van der Waals surface area contributed by atoms with E-state index in [1.54, 1.807) is 0 Å². The zero-order valence-corrected chi connectivity index (χ0v) is 11.0. The zero-order chi connectivity index (χ0) is 12.8. The number of thioether (sulfide) groups is 1. The molecular weight excluding hydrogens is 242 g/mol. The highest BCUT2D eigenvalue weighted by Gasteiger charge is 1.97. The van der Waals surface area contributed by atoms with Gasteiger partial charge in [-0.15, -0.1) is 11.8 Å². The van der Waals surface area contributed by atoms with Gasteiger partial charge in [0.2, 0.25) is 0 Å². The number of nitrogens with zero attached hydrogens (tertiary/aromatic N) is 1. The Morgan fingerprint density at radius 1 is 1.00 bits per heavy atom. The number of pyridine rings is 1. The number of nitrogens with two attached hydrogens (primary N) is 2. The van der Waals surface area contributed by atoms with E-state index < -0.39 is 0 Å². The third-order valence-electron chi connectivity index (χ3n) is 2.62. The molecular formula is C14H17N3S. The molecule has 2 aromatic rings. The number of benzene rings is 1. The number of aryl methyl sites for hydroxylation is 1. The third kappa shape index (κ3) is 3.96. The summed E-state index contributed by atoms with van der Waals surface area (Å²) < 4.78 is 0. The van der Waals surface area contributed by atoms with Crippen molar-refractivity contribution in [2.24, 2.45) is 0 Å². The molecule has 0 unspecified atom stereocenters. The smallest absolute Gasteiger partial charge is 0.123 e. The van der Waals surface area contributed by atoms with Crippen LogP contribution in [-0.4, -0.2) is 10.7 Å². The summed E-state index contributed by atoms with van der Waals surface area (Å²) in [6, 6.07) is 11.9. The maximum Gasteiger partial charge on any atom is 0.123 e. The van der Waals surface area contributed by atoms with Crippen LogP contribution in [-0.2, 0) is 6.42 Å². The average Bonchev–Trinajstić information content (AvgIpc) is 2.39. The summed E-state index contributed by atoms with van der Waals surface area (Å²) in [7, 11) is 0. The van der Waals surface area contributed by atoms with Crippen LogP contribution < -0.4 is 11.5 Å². The van der Waals surface area contributed by atoms with Crippen molar-refractivity contribution < 1.29 is 0 Å². The lowest BCUT2D eigenvalue weighted by Gasteiger charge is -2.03. The summed E-state index contributed by atoms with van der Waals surface area (Å²) in [6.45, 7) is 0. The molecule has 18 heavy (non-hydrogen) atoms. The Bertz CT molecular complexity index is 432. The van der Waals surface area contributed by atoms with Crippen molar-refractivity contribution in [2.75, 3.05) is 17.2 Å². The van der Waals surface area contributed by atoms with Crippen molar-refractivity contribution in [1.29, 1.82) is 0 Å². The topological polar surface area (TPSA) is 64.9 Å². The normalized spacial score (nSPS) is 10.4. The summed E-state index contributed by atoms with van der Waals surface area (Å²) in [5, 5.41) is 0. The molecule has 0 saturated carbocycles. The van der Waals surface area contributed by atoms with E-state index in [0.29, 0.717) is 5.82 Å². The molecule has 1 aromatic carbocycles. The van der Waals surface area contributed by atoms with Gasteiger partial charge in [0.1, 0.15) is 5.82 Å². The van der Waals surface area contributed by atoms with E-state index in [9.17, 15) is 0 Å². The Morgan fingerprint density at radius 2 is 1.78 bits per heavy atom. The van der Waals surface area contributed by atoms with Gasteiger partial charge in [-0.25, -0.2) is 4.98 Å². The maximum atomic E-state index is 5.65. The molecule has 2 rings (SSSR count). The second kappa shape index (κ2) is 6.31. The van der Waals surface area contributed by atoms with Crippen molar-refractivity contribution >= 4 is 23.3 Å². The fourth-order valence-corrected chi connectivity index (χ4v) is 2.44. The van der Waals surface area contributed by atoms with E-state index in [0.717, 1.165) is 24.3 Å². The Morgan fingerprint density at radius 3 is 2.44 bits per heavy atom. The minimum Gasteiger partial charge on any atom is -0.399 e. The van der Waals surface area contributed by atoms with E-state index in [2.05, 4.69) is 17.1 Å². The fraction of sp³-hybridized carbons (Fsp3) is 0.214. The first kappa shape index (κ1) is 12.8. The molecule has 0 saturated heterocycles. The van der Waals surface area contributed by atoms with Crippen LogP contribution in [0.1, 0.15) is 12.0 Å². The maximum absolute atomic E-state index is 5.65. The molecule has 1 heterocycles. The molecule has 1 aromatic heterocycles. The number of anilines is 2. The summed E-state index contributed by atoms with van der Waals surface area (Å²) in [4.78, 5) is 5.24. The standard InChI is InChI=1S/C14H17N3S/c15-12-5-3-11(4-6-12)2-1-9-18-13-7-8-14(16)17-10-13/h3-8,10H,1-2,9,15H2,(H2,16,17). The Hall–Kier alpha value is -1.68. The van der Waals surface area contributed by atoms with Gasteiger partial charge in [-0.2, -0.15) is 0 Å². The van der Waals surface area contributed by atoms with Gasteiger partial charge < -0.3 is 11.5 Å². The van der Waals surface area contributed by atoms with Crippen molar-refractivity contribution in [3.05, 3.63) is 48.2 Å². The molecule has 0 radical (unpaired) electrons. The lowest BCUT2D eigenvalue weighted by Crippen LogP contribution is -1.91. The molecule has 0 atom stereocenters. The van der Waals surface area contributed by atoms with E-state index in [4.69, 9.17) is 11.5 Å². The number of aromatic nitrogens is 1. The number of rotatable bonds is 5. The van der Waals surface area contributed by atoms with Crippen LogP contribution in [0.25, 0.3) is 0 Å². The van der Waals surface area contributed by atoms with Crippen molar-refractivity contribution in [2.45, 2.75) is 17.7 Å². The molecule has 4 heteroatoms. The average molecular weight is 259 g/mol. The van der Waals surface area contributed by atoms with Crippen LogP contribution in [0, 0.1) is 0 Å². The molecule has 0 aliphatic rings. The van der Waals surface area contributed by atoms with Crippen LogP contribution in [0.4, 0.5) is 11.5 Å². The van der Waals surface area contributed by atoms with Crippen LogP contribution in [0.15, 0.2) is 47.5 Å². The van der Waals surface area contributed by atoms with E-state index in [1.165, 1.54) is 10.5 Å². The number of nitrogen functional groups attached to an aromatic ring is 2. The summed E-state index contributed by atoms with van der Waals surface area (Å²) in [5.41, 5.74) is 13.3. The summed E-state index contributed by atoms with van der Waals surface area (Å²) >= 11 is 1.81. The van der Waals surface area contributed by atoms with Crippen LogP contribution in [0.3, 0.4) is 0 Å². The van der Waals surface area contributed by atoms with Gasteiger partial charge in [0.25, 0.3) is 0 Å². The van der Waals surface area contributed by atoms with Gasteiger partial charge in [0.05, 0.1) is 0 Å². The molecule has 0 amide bonds. The predicted octanol–water partition coefficient (Wildman–Crippen LogP) is 2.97. The van der Waals surface area contributed by atoms with E-state index in [1.807, 2.05) is 42.2 Å². The van der Waals surface area contributed by atoms with E-state index >= 15 is 0 Å². The van der Waals surface area contributed by atoms with Gasteiger partial charge in [-0.3, -0.25) is 0 Å². The minimum absolute atomic E-state index is 0.571. The van der Waals surface area contributed by atoms with Crippen LogP contribution in [0.2, 0.25) is 0 Å². The summed E-state index contributed by atoms with van der Waals surface area (Å²) in [5.74, 6) is 1.65. The zero-order valence-electron chi connectivity index (χ0n) is 10.2. The largest absolute Gasteiger partial charge is 0.399 e. The number of hydrogen-bond donors (Lipinski definition) is 2. The molecule has 0 fully saturated rings. The molecule has 0 spiro atoms. The van der Waals surface area contributed by atoms with Crippen LogP contribution >= 0.6 is 11.8 Å². The fourth-order valence-electron chi connectivity index (χ4n) is 1.63. The minimum atomic E-state index is 0.571. The molecule has 4 N–H and O–H groups in total. The highest BCUT2D eigenvalue weighted by Crippen LogP contribution is 2.19. The highest BCUT2D eigenvalue weighted by atomic mass is 32.2. The second-order valence-electron chi connectivity index (χ2n) is 4.11. The van der Waals surface area contributed by atoms with E-state index in [-0.39, 0.29) is 0 Å². The van der Waals surface area contributed by atoms with Gasteiger partial charge in [-0.1, -0.05) is 12.1 Å².